The zero-order chi connectivity index (χ0) is 19.6. The maximum absolute atomic E-state index is 12.4. The molecule has 148 valence electrons. The van der Waals surface area contributed by atoms with Crippen LogP contribution in [0, 0.1) is 20.8 Å². The fourth-order valence-electron chi connectivity index (χ4n) is 3.29. The Balaban J connectivity index is 2.36. The first kappa shape index (κ1) is 22.8. The molecule has 0 bridgehead atoms. The normalized spacial score (nSPS) is 11.7. The highest BCUT2D eigenvalue weighted by molar-refractivity contribution is 7.86. The molecule has 0 saturated carbocycles. The van der Waals surface area contributed by atoms with Crippen molar-refractivity contribution in [3.05, 3.63) is 28.8 Å². The van der Waals surface area contributed by atoms with Crippen LogP contribution in [0.1, 0.15) is 81.4 Å². The van der Waals surface area contributed by atoms with Gasteiger partial charge < -0.3 is 0 Å². The fraction of sp³-hybridized carbons (Fsp3) is 0.667. The first-order chi connectivity index (χ1) is 12.3. The van der Waals surface area contributed by atoms with Gasteiger partial charge in [-0.25, -0.2) is 0 Å². The van der Waals surface area contributed by atoms with E-state index < -0.39 is 10.1 Å². The number of Topliss-reactive ketones (excluding diaryl/α,β-unsaturated/α-hetero) is 1. The van der Waals surface area contributed by atoms with Gasteiger partial charge in [-0.1, -0.05) is 69.6 Å². The lowest BCUT2D eigenvalue weighted by Gasteiger charge is -2.12. The number of ketones is 1. The number of carbonyl (C=O) groups is 1. The average Bonchev–Trinajstić information content (AvgIpc) is 2.54. The summed E-state index contributed by atoms with van der Waals surface area (Å²) >= 11 is 0. The molecule has 0 N–H and O–H groups in total. The highest BCUT2D eigenvalue weighted by atomic mass is 32.2. The minimum absolute atomic E-state index is 0.151. The summed E-state index contributed by atoms with van der Waals surface area (Å²) in [6, 6.07) is 3.62. The second-order valence-corrected chi connectivity index (χ2v) is 8.76. The average molecular weight is 383 g/mol. The van der Waals surface area contributed by atoms with E-state index >= 15 is 0 Å². The molecule has 0 spiro atoms. The van der Waals surface area contributed by atoms with E-state index in [1.165, 1.54) is 32.1 Å². The molecule has 5 heteroatoms. The van der Waals surface area contributed by atoms with Crippen molar-refractivity contribution in [3.63, 3.8) is 0 Å². The fourth-order valence-corrected chi connectivity index (χ4v) is 4.60. The number of rotatable bonds is 13. The van der Waals surface area contributed by atoms with Gasteiger partial charge in [-0.3, -0.25) is 8.98 Å². The number of benzene rings is 1. The van der Waals surface area contributed by atoms with Gasteiger partial charge in [0.25, 0.3) is 10.1 Å². The van der Waals surface area contributed by atoms with Crippen LogP contribution in [0.25, 0.3) is 0 Å². The van der Waals surface area contributed by atoms with Crippen LogP contribution in [0.3, 0.4) is 0 Å². The SMILES string of the molecule is CCCCCCCCCCC(=O)COS(=O)(=O)c1c(C)cc(C)cc1C. The summed E-state index contributed by atoms with van der Waals surface area (Å²) in [6.45, 7) is 7.25. The molecular weight excluding hydrogens is 348 g/mol. The number of aryl methyl sites for hydroxylation is 3. The zero-order valence-corrected chi connectivity index (χ0v) is 17.6. The molecular formula is C21H34O4S. The Morgan fingerprint density at radius 2 is 1.38 bits per heavy atom. The van der Waals surface area contributed by atoms with Crippen molar-refractivity contribution in [2.45, 2.75) is 90.4 Å². The van der Waals surface area contributed by atoms with Crippen molar-refractivity contribution in [2.24, 2.45) is 0 Å². The summed E-state index contributed by atoms with van der Waals surface area (Å²) < 4.78 is 29.9. The first-order valence-corrected chi connectivity index (χ1v) is 11.2. The quantitative estimate of drug-likeness (QED) is 0.338. The van der Waals surface area contributed by atoms with Gasteiger partial charge in [0, 0.05) is 6.42 Å². The van der Waals surface area contributed by atoms with Gasteiger partial charge in [-0.15, -0.1) is 0 Å². The molecule has 0 aliphatic carbocycles. The molecule has 0 aliphatic rings. The van der Waals surface area contributed by atoms with Crippen LogP contribution in [0.15, 0.2) is 17.0 Å². The predicted molar refractivity (Wildman–Crippen MR) is 106 cm³/mol. The molecule has 1 rings (SSSR count). The highest BCUT2D eigenvalue weighted by Crippen LogP contribution is 2.23. The Morgan fingerprint density at radius 1 is 0.885 bits per heavy atom. The van der Waals surface area contributed by atoms with Crippen LogP contribution in [0.5, 0.6) is 0 Å². The molecule has 0 heterocycles. The van der Waals surface area contributed by atoms with E-state index in [1.807, 2.05) is 19.1 Å². The van der Waals surface area contributed by atoms with Crippen LogP contribution in [0.2, 0.25) is 0 Å². The van der Waals surface area contributed by atoms with E-state index in [9.17, 15) is 13.2 Å². The summed E-state index contributed by atoms with van der Waals surface area (Å²) in [7, 11) is -3.90. The van der Waals surface area contributed by atoms with Gasteiger partial charge in [0.2, 0.25) is 0 Å². The van der Waals surface area contributed by atoms with Gasteiger partial charge in [0.15, 0.2) is 5.78 Å². The van der Waals surface area contributed by atoms with Gasteiger partial charge in [-0.2, -0.15) is 8.42 Å². The van der Waals surface area contributed by atoms with Gasteiger partial charge in [0.1, 0.15) is 6.61 Å². The monoisotopic (exact) mass is 382 g/mol. The van der Waals surface area contributed by atoms with E-state index in [-0.39, 0.29) is 17.3 Å². The summed E-state index contributed by atoms with van der Waals surface area (Å²) in [5.41, 5.74) is 2.31. The van der Waals surface area contributed by atoms with E-state index in [0.717, 1.165) is 24.8 Å². The van der Waals surface area contributed by atoms with Crippen molar-refractivity contribution in [2.75, 3.05) is 6.61 Å². The molecule has 0 amide bonds. The van der Waals surface area contributed by atoms with Crippen LogP contribution < -0.4 is 0 Å². The lowest BCUT2D eigenvalue weighted by atomic mass is 10.1. The third kappa shape index (κ3) is 8.00. The Bertz CT molecular complexity index is 654. The zero-order valence-electron chi connectivity index (χ0n) is 16.8. The summed E-state index contributed by atoms with van der Waals surface area (Å²) in [5.74, 6) is -0.151. The van der Waals surface area contributed by atoms with Crippen molar-refractivity contribution < 1.29 is 17.4 Å². The molecule has 0 unspecified atom stereocenters. The smallest absolute Gasteiger partial charge is 0.297 e. The lowest BCUT2D eigenvalue weighted by Crippen LogP contribution is -2.16. The van der Waals surface area contributed by atoms with Crippen LogP contribution in [0.4, 0.5) is 0 Å². The van der Waals surface area contributed by atoms with Crippen LogP contribution >= 0.6 is 0 Å². The number of carbonyl (C=O) groups excluding carboxylic acids is 1. The van der Waals surface area contributed by atoms with Crippen molar-refractivity contribution in [1.29, 1.82) is 0 Å². The highest BCUT2D eigenvalue weighted by Gasteiger charge is 2.22. The molecule has 1 aromatic rings. The molecule has 0 saturated heterocycles. The second-order valence-electron chi connectivity index (χ2n) is 7.21. The number of hydrogen-bond donors (Lipinski definition) is 0. The van der Waals surface area contributed by atoms with Crippen molar-refractivity contribution in [3.8, 4) is 0 Å². The van der Waals surface area contributed by atoms with Crippen LogP contribution in [-0.4, -0.2) is 20.8 Å². The second kappa shape index (κ2) is 11.5. The maximum atomic E-state index is 12.4. The molecule has 1 aromatic carbocycles. The Kier molecular flexibility index (Phi) is 10.1. The summed E-state index contributed by atoms with van der Waals surface area (Å²) in [6.07, 6.45) is 9.65. The van der Waals surface area contributed by atoms with Crippen molar-refractivity contribution in [1.82, 2.24) is 0 Å². The predicted octanol–water partition coefficient (Wildman–Crippen LogP) is 5.42. The summed E-state index contributed by atoms with van der Waals surface area (Å²) in [4.78, 5) is 12.1. The van der Waals surface area contributed by atoms with Crippen molar-refractivity contribution >= 4 is 15.9 Å². The minimum atomic E-state index is -3.90. The van der Waals surface area contributed by atoms with Crippen LogP contribution in [-0.2, 0) is 19.1 Å². The van der Waals surface area contributed by atoms with E-state index in [4.69, 9.17) is 4.18 Å². The van der Waals surface area contributed by atoms with Gasteiger partial charge in [-0.05, 0) is 38.3 Å². The third-order valence-electron chi connectivity index (χ3n) is 4.54. The molecule has 4 nitrogen and oxygen atoms in total. The lowest BCUT2D eigenvalue weighted by molar-refractivity contribution is -0.121. The van der Waals surface area contributed by atoms with Gasteiger partial charge >= 0.3 is 0 Å². The Hall–Kier alpha value is -1.20. The standard InChI is InChI=1S/C21H34O4S/c1-5-6-7-8-9-10-11-12-13-20(22)16-25-26(23,24)21-18(3)14-17(2)15-19(21)4/h14-15H,5-13,16H2,1-4H3. The molecule has 0 radical (unpaired) electrons. The van der Waals surface area contributed by atoms with E-state index in [2.05, 4.69) is 6.92 Å². The maximum Gasteiger partial charge on any atom is 0.297 e. The topological polar surface area (TPSA) is 60.4 Å². The summed E-state index contributed by atoms with van der Waals surface area (Å²) in [5, 5.41) is 0. The Morgan fingerprint density at radius 3 is 1.92 bits per heavy atom. The number of unbranched alkanes of at least 4 members (excludes halogenated alkanes) is 7. The molecule has 0 aromatic heterocycles. The van der Waals surface area contributed by atoms with E-state index in [0.29, 0.717) is 17.5 Å². The van der Waals surface area contributed by atoms with Gasteiger partial charge in [0.05, 0.1) is 4.90 Å². The third-order valence-corrected chi connectivity index (χ3v) is 6.11. The minimum Gasteiger partial charge on any atom is -0.297 e. The molecule has 0 atom stereocenters. The Labute approximate surface area is 159 Å². The largest absolute Gasteiger partial charge is 0.297 e. The number of hydrogen-bond acceptors (Lipinski definition) is 4. The first-order valence-electron chi connectivity index (χ1n) is 9.77. The van der Waals surface area contributed by atoms with E-state index in [1.54, 1.807) is 13.8 Å². The molecule has 0 aliphatic heterocycles. The molecule has 0 fully saturated rings. The molecule has 26 heavy (non-hydrogen) atoms.